The summed E-state index contributed by atoms with van der Waals surface area (Å²) in [7, 11) is 0. The molecule has 0 unspecified atom stereocenters. The van der Waals surface area contributed by atoms with Gasteiger partial charge in [0, 0.05) is 5.38 Å². The third-order valence-corrected chi connectivity index (χ3v) is 4.82. The van der Waals surface area contributed by atoms with Crippen LogP contribution in [-0.2, 0) is 11.2 Å². The minimum absolute atomic E-state index is 0.0561. The van der Waals surface area contributed by atoms with E-state index in [0.717, 1.165) is 26.1 Å². The summed E-state index contributed by atoms with van der Waals surface area (Å²) in [5, 5.41) is 11.3. The molecule has 0 aliphatic carbocycles. The van der Waals surface area contributed by atoms with Crippen LogP contribution >= 0.6 is 23.1 Å². The zero-order valence-corrected chi connectivity index (χ0v) is 12.7. The summed E-state index contributed by atoms with van der Waals surface area (Å²) in [5.74, 6) is -0.876. The van der Waals surface area contributed by atoms with Gasteiger partial charge < -0.3 is 5.11 Å². The zero-order valence-electron chi connectivity index (χ0n) is 11.1. The molecule has 0 spiro atoms. The second-order valence-electron chi connectivity index (χ2n) is 4.38. The number of para-hydroxylation sites is 2. The number of carboxylic acid groups (broad SMARTS) is 1. The van der Waals surface area contributed by atoms with Gasteiger partial charge in [-0.05, 0) is 30.8 Å². The fraction of sp³-hybridized carbons (Fsp3) is 0.143. The highest BCUT2D eigenvalue weighted by molar-refractivity contribution is 8.01. The van der Waals surface area contributed by atoms with Crippen LogP contribution < -0.4 is 0 Å². The molecule has 0 amide bonds. The summed E-state index contributed by atoms with van der Waals surface area (Å²) in [6, 6.07) is 7.71. The number of fused-ring (bicyclic) bond motifs is 1. The predicted octanol–water partition coefficient (Wildman–Crippen LogP) is 3.17. The van der Waals surface area contributed by atoms with Crippen LogP contribution in [-0.4, -0.2) is 26.0 Å². The van der Waals surface area contributed by atoms with Crippen LogP contribution in [0.4, 0.5) is 0 Å². The van der Waals surface area contributed by atoms with Crippen LogP contribution in [0.3, 0.4) is 0 Å². The highest BCUT2D eigenvalue weighted by atomic mass is 32.2. The van der Waals surface area contributed by atoms with E-state index in [1.807, 2.05) is 31.2 Å². The van der Waals surface area contributed by atoms with E-state index in [2.05, 4.69) is 15.0 Å². The van der Waals surface area contributed by atoms with Crippen molar-refractivity contribution in [1.29, 1.82) is 0 Å². The number of rotatable bonds is 4. The standard InChI is InChI=1S/C14H11N3O2S2/c1-8-13(17-11-5-3-2-4-10(11)15-8)21-14-16-9(7-20-14)6-12(18)19/h2-5,7H,6H2,1H3,(H,18,19). The molecule has 3 rings (SSSR count). The second kappa shape index (κ2) is 5.79. The number of aliphatic carboxylic acids is 1. The number of carbonyl (C=O) groups is 1. The Morgan fingerprint density at radius 2 is 1.95 bits per heavy atom. The maximum absolute atomic E-state index is 10.7. The Kier molecular flexibility index (Phi) is 3.85. The summed E-state index contributed by atoms with van der Waals surface area (Å²) in [6.07, 6.45) is -0.0561. The summed E-state index contributed by atoms with van der Waals surface area (Å²) >= 11 is 2.84. The minimum Gasteiger partial charge on any atom is -0.481 e. The Hall–Kier alpha value is -1.99. The van der Waals surface area contributed by atoms with Crippen molar-refractivity contribution in [3.05, 3.63) is 41.0 Å². The highest BCUT2D eigenvalue weighted by Crippen LogP contribution is 2.31. The average Bonchev–Trinajstić information content (AvgIpc) is 2.86. The first kappa shape index (κ1) is 14.0. The molecule has 1 aromatic carbocycles. The number of nitrogens with zero attached hydrogens (tertiary/aromatic N) is 3. The van der Waals surface area contributed by atoms with Crippen molar-refractivity contribution in [2.45, 2.75) is 22.7 Å². The van der Waals surface area contributed by atoms with Gasteiger partial charge in [-0.3, -0.25) is 4.79 Å². The predicted molar refractivity (Wildman–Crippen MR) is 81.9 cm³/mol. The number of aryl methyl sites for hydroxylation is 1. The SMILES string of the molecule is Cc1nc2ccccc2nc1Sc1nc(CC(=O)O)cs1. The highest BCUT2D eigenvalue weighted by Gasteiger charge is 2.11. The molecule has 0 radical (unpaired) electrons. The van der Waals surface area contributed by atoms with Crippen LogP contribution in [0.2, 0.25) is 0 Å². The fourth-order valence-corrected chi connectivity index (χ4v) is 3.60. The van der Waals surface area contributed by atoms with Crippen LogP contribution in [0.1, 0.15) is 11.4 Å². The van der Waals surface area contributed by atoms with E-state index < -0.39 is 5.97 Å². The molecule has 106 valence electrons. The van der Waals surface area contributed by atoms with E-state index in [-0.39, 0.29) is 6.42 Å². The zero-order chi connectivity index (χ0) is 14.8. The van der Waals surface area contributed by atoms with Gasteiger partial charge in [0.25, 0.3) is 0 Å². The van der Waals surface area contributed by atoms with E-state index in [1.54, 1.807) is 5.38 Å². The summed E-state index contributed by atoms with van der Waals surface area (Å²) in [4.78, 5) is 24.1. The molecule has 0 saturated carbocycles. The number of benzene rings is 1. The quantitative estimate of drug-likeness (QED) is 0.796. The van der Waals surface area contributed by atoms with Crippen molar-refractivity contribution in [3.8, 4) is 0 Å². The van der Waals surface area contributed by atoms with Crippen molar-refractivity contribution >= 4 is 40.1 Å². The van der Waals surface area contributed by atoms with Crippen molar-refractivity contribution in [1.82, 2.24) is 15.0 Å². The van der Waals surface area contributed by atoms with E-state index in [9.17, 15) is 4.79 Å². The normalized spacial score (nSPS) is 10.9. The topological polar surface area (TPSA) is 76.0 Å². The van der Waals surface area contributed by atoms with Crippen molar-refractivity contribution in [2.24, 2.45) is 0 Å². The Morgan fingerprint density at radius 3 is 2.67 bits per heavy atom. The van der Waals surface area contributed by atoms with Crippen LogP contribution in [0.5, 0.6) is 0 Å². The number of hydrogen-bond acceptors (Lipinski definition) is 6. The lowest BCUT2D eigenvalue weighted by Gasteiger charge is -2.04. The van der Waals surface area contributed by atoms with E-state index >= 15 is 0 Å². The van der Waals surface area contributed by atoms with Gasteiger partial charge in [-0.1, -0.05) is 12.1 Å². The Balaban J connectivity index is 1.88. The molecule has 1 N–H and O–H groups in total. The molecule has 0 aliphatic rings. The van der Waals surface area contributed by atoms with Gasteiger partial charge in [0.2, 0.25) is 0 Å². The molecule has 21 heavy (non-hydrogen) atoms. The Morgan fingerprint density at radius 1 is 1.24 bits per heavy atom. The first-order valence-electron chi connectivity index (χ1n) is 6.19. The van der Waals surface area contributed by atoms with Crippen LogP contribution in [0.25, 0.3) is 11.0 Å². The lowest BCUT2D eigenvalue weighted by Crippen LogP contribution is -1.99. The molecule has 3 aromatic rings. The monoisotopic (exact) mass is 317 g/mol. The maximum atomic E-state index is 10.7. The molecule has 0 saturated heterocycles. The summed E-state index contributed by atoms with van der Waals surface area (Å²) in [6.45, 7) is 1.91. The minimum atomic E-state index is -0.876. The molecular weight excluding hydrogens is 306 g/mol. The number of aromatic nitrogens is 3. The van der Waals surface area contributed by atoms with E-state index in [4.69, 9.17) is 5.11 Å². The molecule has 2 aromatic heterocycles. The maximum Gasteiger partial charge on any atom is 0.309 e. The van der Waals surface area contributed by atoms with E-state index in [1.165, 1.54) is 23.1 Å². The lowest BCUT2D eigenvalue weighted by atomic mass is 10.3. The molecular formula is C14H11N3O2S2. The van der Waals surface area contributed by atoms with Gasteiger partial charge in [0.05, 0.1) is 28.8 Å². The fourth-order valence-electron chi connectivity index (χ4n) is 1.82. The third kappa shape index (κ3) is 3.20. The summed E-state index contributed by atoms with van der Waals surface area (Å²) in [5.41, 5.74) is 3.12. The van der Waals surface area contributed by atoms with Gasteiger partial charge >= 0.3 is 5.97 Å². The number of carboxylic acids is 1. The van der Waals surface area contributed by atoms with Gasteiger partial charge in [-0.15, -0.1) is 11.3 Å². The number of thiazole rings is 1. The number of hydrogen-bond donors (Lipinski definition) is 1. The summed E-state index contributed by atoms with van der Waals surface area (Å²) < 4.78 is 0.777. The van der Waals surface area contributed by atoms with Crippen molar-refractivity contribution in [3.63, 3.8) is 0 Å². The first-order valence-corrected chi connectivity index (χ1v) is 7.89. The molecule has 0 atom stereocenters. The second-order valence-corrected chi connectivity index (χ2v) is 6.47. The third-order valence-electron chi connectivity index (χ3n) is 2.75. The molecule has 7 heteroatoms. The molecule has 5 nitrogen and oxygen atoms in total. The Labute approximate surface area is 129 Å². The average molecular weight is 317 g/mol. The molecule has 0 bridgehead atoms. The molecule has 0 aliphatic heterocycles. The molecule has 0 fully saturated rings. The van der Waals surface area contributed by atoms with Gasteiger partial charge in [-0.25, -0.2) is 15.0 Å². The van der Waals surface area contributed by atoms with Crippen LogP contribution in [0.15, 0.2) is 39.0 Å². The van der Waals surface area contributed by atoms with Gasteiger partial charge in [0.15, 0.2) is 4.34 Å². The largest absolute Gasteiger partial charge is 0.481 e. The lowest BCUT2D eigenvalue weighted by molar-refractivity contribution is -0.136. The van der Waals surface area contributed by atoms with Gasteiger partial charge in [0.1, 0.15) is 5.03 Å². The van der Waals surface area contributed by atoms with Gasteiger partial charge in [-0.2, -0.15) is 0 Å². The van der Waals surface area contributed by atoms with E-state index in [0.29, 0.717) is 5.69 Å². The first-order chi connectivity index (χ1) is 10.1. The molecule has 2 heterocycles. The Bertz CT molecular complexity index is 817. The van der Waals surface area contributed by atoms with Crippen LogP contribution in [0, 0.1) is 6.92 Å². The van der Waals surface area contributed by atoms with Crippen molar-refractivity contribution < 1.29 is 9.90 Å². The van der Waals surface area contributed by atoms with Crippen molar-refractivity contribution in [2.75, 3.05) is 0 Å². The smallest absolute Gasteiger partial charge is 0.309 e.